The Hall–Kier alpha value is -3.87. The molecule has 214 valence electrons. The maximum atomic E-state index is 12.0. The van der Waals surface area contributed by atoms with Crippen LogP contribution in [0.4, 0.5) is 5.69 Å². The first-order chi connectivity index (χ1) is 18.5. The summed E-state index contributed by atoms with van der Waals surface area (Å²) in [6.07, 6.45) is 2.93. The molecule has 2 aromatic rings. The number of allylic oxidation sites excluding steroid dienone is 2. The fourth-order valence-electron chi connectivity index (χ4n) is 2.47. The zero-order valence-corrected chi connectivity index (χ0v) is 24.5. The molecule has 1 aliphatic heterocycles. The Morgan fingerprint density at radius 3 is 2.05 bits per heavy atom. The number of halogens is 1. The zero-order valence-electron chi connectivity index (χ0n) is 23.0. The lowest BCUT2D eigenvalue weighted by Gasteiger charge is -2.10. The highest BCUT2D eigenvalue weighted by molar-refractivity contribution is 7.83. The average Bonchev–Trinajstić information content (AvgIpc) is 3.21. The minimum Gasteiger partial charge on any atom is -0.483 e. The van der Waals surface area contributed by atoms with Crippen LogP contribution in [0.5, 0.6) is 0 Å². The van der Waals surface area contributed by atoms with Crippen LogP contribution in [0.2, 0.25) is 5.02 Å². The SMILES string of the molecule is CC.CC.CC1=NN(C(=O)c2ccc(Cl)cc2)C(=O)C1N.CO/C(N)=C/C=C(\N)NS(=O)c1ccc(N)cc1. The second-order valence-electron chi connectivity index (χ2n) is 7.02. The first kappa shape index (κ1) is 35.1. The van der Waals surface area contributed by atoms with Crippen LogP contribution in [0, 0.1) is 0 Å². The molecule has 0 radical (unpaired) electrons. The van der Waals surface area contributed by atoms with Gasteiger partial charge in [-0.25, -0.2) is 4.21 Å². The lowest BCUT2D eigenvalue weighted by molar-refractivity contribution is -0.127. The van der Waals surface area contributed by atoms with Gasteiger partial charge in [-0.15, -0.1) is 0 Å². The number of hydrogen-bond acceptors (Lipinski definition) is 9. The van der Waals surface area contributed by atoms with Crippen LogP contribution in [-0.4, -0.2) is 39.9 Å². The molecule has 0 bridgehead atoms. The Labute approximate surface area is 237 Å². The van der Waals surface area contributed by atoms with Gasteiger partial charge in [0.1, 0.15) is 11.9 Å². The molecule has 9 N–H and O–H groups in total. The fourth-order valence-corrected chi connectivity index (χ4v) is 3.38. The molecule has 0 saturated heterocycles. The minimum atomic E-state index is -1.45. The van der Waals surface area contributed by atoms with E-state index in [-0.39, 0.29) is 11.7 Å². The highest BCUT2D eigenvalue weighted by Gasteiger charge is 2.35. The maximum Gasteiger partial charge on any atom is 0.281 e. The smallest absolute Gasteiger partial charge is 0.281 e. The van der Waals surface area contributed by atoms with Gasteiger partial charge >= 0.3 is 0 Å². The fraction of sp³-hybridized carbons (Fsp3) is 0.269. The van der Waals surface area contributed by atoms with E-state index >= 15 is 0 Å². The number of ether oxygens (including phenoxy) is 1. The molecule has 0 aliphatic carbocycles. The first-order valence-electron chi connectivity index (χ1n) is 12.0. The lowest BCUT2D eigenvalue weighted by atomic mass is 10.2. The number of anilines is 1. The zero-order chi connectivity index (χ0) is 30.1. The summed E-state index contributed by atoms with van der Waals surface area (Å²) in [7, 11) is -0.00787. The third-order valence-corrected chi connectivity index (χ3v) is 5.81. The molecule has 11 nitrogen and oxygen atoms in total. The predicted molar refractivity (Wildman–Crippen MR) is 158 cm³/mol. The van der Waals surface area contributed by atoms with Crippen LogP contribution < -0.4 is 27.7 Å². The van der Waals surface area contributed by atoms with Crippen molar-refractivity contribution in [3.8, 4) is 0 Å². The van der Waals surface area contributed by atoms with E-state index in [4.69, 9.17) is 39.3 Å². The van der Waals surface area contributed by atoms with Gasteiger partial charge < -0.3 is 27.7 Å². The van der Waals surface area contributed by atoms with Crippen molar-refractivity contribution in [1.29, 1.82) is 0 Å². The van der Waals surface area contributed by atoms with E-state index in [0.717, 1.165) is 5.01 Å². The van der Waals surface area contributed by atoms with Gasteiger partial charge in [-0.05, 0) is 61.5 Å². The monoisotopic (exact) mass is 579 g/mol. The number of nitrogen functional groups attached to an aromatic ring is 1. The van der Waals surface area contributed by atoms with Crippen LogP contribution in [0.3, 0.4) is 0 Å². The molecule has 13 heteroatoms. The third kappa shape index (κ3) is 11.6. The predicted octanol–water partition coefficient (Wildman–Crippen LogP) is 3.21. The minimum absolute atomic E-state index is 0.206. The van der Waals surface area contributed by atoms with E-state index in [2.05, 4.69) is 9.82 Å². The van der Waals surface area contributed by atoms with E-state index in [1.54, 1.807) is 43.3 Å². The van der Waals surface area contributed by atoms with Gasteiger partial charge in [-0.1, -0.05) is 39.3 Å². The van der Waals surface area contributed by atoms with Crippen molar-refractivity contribution in [3.63, 3.8) is 0 Å². The summed E-state index contributed by atoms with van der Waals surface area (Å²) in [6, 6.07) is 12.0. The Bertz CT molecular complexity index is 1180. The van der Waals surface area contributed by atoms with Crippen molar-refractivity contribution in [1.82, 2.24) is 9.73 Å². The number of benzene rings is 2. The summed E-state index contributed by atoms with van der Waals surface area (Å²) in [6.45, 7) is 9.61. The van der Waals surface area contributed by atoms with Crippen LogP contribution >= 0.6 is 11.6 Å². The largest absolute Gasteiger partial charge is 0.483 e. The van der Waals surface area contributed by atoms with E-state index in [0.29, 0.717) is 26.9 Å². The number of methoxy groups -OCH3 is 1. The van der Waals surface area contributed by atoms with Gasteiger partial charge in [0.15, 0.2) is 16.9 Å². The van der Waals surface area contributed by atoms with Crippen molar-refractivity contribution >= 4 is 45.8 Å². The summed E-state index contributed by atoms with van der Waals surface area (Å²) >= 11 is 5.71. The third-order valence-electron chi connectivity index (χ3n) is 4.43. The Morgan fingerprint density at radius 2 is 1.59 bits per heavy atom. The molecule has 2 aromatic carbocycles. The maximum absolute atomic E-state index is 12.0. The van der Waals surface area contributed by atoms with Gasteiger partial charge in [-0.2, -0.15) is 10.1 Å². The summed E-state index contributed by atoms with van der Waals surface area (Å²) < 4.78 is 19.2. The highest BCUT2D eigenvalue weighted by Crippen LogP contribution is 2.15. The Morgan fingerprint density at radius 1 is 1.05 bits per heavy atom. The van der Waals surface area contributed by atoms with Crippen molar-refractivity contribution in [2.45, 2.75) is 45.6 Å². The number of imide groups is 1. The van der Waals surface area contributed by atoms with Gasteiger partial charge in [0, 0.05) is 22.3 Å². The summed E-state index contributed by atoms with van der Waals surface area (Å²) in [5.74, 6) is -0.593. The Kier molecular flexibility index (Phi) is 16.6. The average molecular weight is 580 g/mol. The van der Waals surface area contributed by atoms with Crippen LogP contribution in [0.15, 0.2) is 82.4 Å². The van der Waals surface area contributed by atoms with Crippen molar-refractivity contribution in [2.24, 2.45) is 22.3 Å². The molecular formula is C26H38ClN7O4S. The second kappa shape index (κ2) is 18.4. The summed E-state index contributed by atoms with van der Waals surface area (Å²) in [5.41, 5.74) is 23.5. The number of nitrogens with one attached hydrogen (secondary N) is 1. The van der Waals surface area contributed by atoms with Crippen molar-refractivity contribution < 1.29 is 18.5 Å². The normalized spacial score (nSPS) is 15.3. The number of rotatable bonds is 6. The molecule has 3 rings (SSSR count). The van der Waals surface area contributed by atoms with E-state index in [1.807, 2.05) is 27.7 Å². The molecule has 0 saturated carbocycles. The van der Waals surface area contributed by atoms with Gasteiger partial charge in [0.05, 0.1) is 17.7 Å². The quantitative estimate of drug-likeness (QED) is 0.149. The molecule has 2 amide bonds. The highest BCUT2D eigenvalue weighted by atomic mass is 35.5. The standard InChI is InChI=1S/C11H10ClN3O2.C11H16N4O2S.2C2H6/c1-6-9(13)11(17)15(14-6)10(16)7-2-4-8(12)5-3-7;1-17-11(14)7-6-10(13)15-18(16)9-4-2-8(12)3-5-9;2*1-2/h2-5,9H,13H2,1H3;2-7,15H,12-14H2,1H3;2*1-2H3/b;10-6+,11-7+;;. The molecule has 0 aromatic heterocycles. The van der Waals surface area contributed by atoms with Gasteiger partial charge in [0.2, 0.25) is 0 Å². The van der Waals surface area contributed by atoms with E-state index in [9.17, 15) is 13.8 Å². The first-order valence-corrected chi connectivity index (χ1v) is 13.5. The second-order valence-corrected chi connectivity index (χ2v) is 8.67. The molecule has 2 unspecified atom stereocenters. The number of carbonyl (C=O) groups is 2. The summed E-state index contributed by atoms with van der Waals surface area (Å²) in [4.78, 5) is 24.2. The van der Waals surface area contributed by atoms with Gasteiger partial charge in [-0.3, -0.25) is 14.3 Å². The van der Waals surface area contributed by atoms with Crippen molar-refractivity contribution in [2.75, 3.05) is 12.8 Å². The lowest BCUT2D eigenvalue weighted by Crippen LogP contribution is -2.40. The van der Waals surface area contributed by atoms with Gasteiger partial charge in [0.25, 0.3) is 11.8 Å². The number of amides is 2. The molecule has 1 aliphatic rings. The topological polar surface area (TPSA) is 192 Å². The number of nitrogens with two attached hydrogens (primary N) is 4. The molecule has 2 atom stereocenters. The molecule has 0 fully saturated rings. The number of carbonyl (C=O) groups excluding carboxylic acids is 2. The number of hydrazone groups is 1. The van der Waals surface area contributed by atoms with E-state index < -0.39 is 28.8 Å². The molecule has 0 spiro atoms. The van der Waals surface area contributed by atoms with Crippen molar-refractivity contribution in [3.05, 3.63) is 83.0 Å². The molecular weight excluding hydrogens is 542 g/mol. The number of hydrogen-bond donors (Lipinski definition) is 5. The number of nitrogens with zero attached hydrogens (tertiary/aromatic N) is 2. The molecule has 39 heavy (non-hydrogen) atoms. The van der Waals surface area contributed by atoms with E-state index in [1.165, 1.54) is 31.4 Å². The molecule has 1 heterocycles. The summed E-state index contributed by atoms with van der Waals surface area (Å²) in [5, 5.41) is 5.16. The Balaban J connectivity index is 0.000000657. The van der Waals surface area contributed by atoms with Crippen LogP contribution in [0.25, 0.3) is 0 Å². The van der Waals surface area contributed by atoms with Crippen LogP contribution in [0.1, 0.15) is 45.0 Å². The van der Waals surface area contributed by atoms with Crippen LogP contribution in [-0.2, 0) is 20.5 Å².